The zero-order valence-corrected chi connectivity index (χ0v) is 22.6. The van der Waals surface area contributed by atoms with Crippen LogP contribution in [0.1, 0.15) is 85.9 Å². The predicted octanol–water partition coefficient (Wildman–Crippen LogP) is 5.86. The van der Waals surface area contributed by atoms with Gasteiger partial charge in [0, 0.05) is 42.7 Å². The van der Waals surface area contributed by atoms with Crippen LogP contribution < -0.4 is 10.6 Å². The summed E-state index contributed by atoms with van der Waals surface area (Å²) in [5, 5.41) is 6.13. The highest BCUT2D eigenvalue weighted by molar-refractivity contribution is 6.34. The third kappa shape index (κ3) is 7.57. The van der Waals surface area contributed by atoms with Crippen molar-refractivity contribution in [3.8, 4) is 0 Å². The molecule has 0 unspecified atom stereocenters. The molecule has 6 nitrogen and oxygen atoms in total. The first-order valence-corrected chi connectivity index (χ1v) is 13.6. The molecular weight excluding hydrogens is 448 g/mol. The fourth-order valence-corrected chi connectivity index (χ4v) is 5.02. The monoisotopic (exact) mass is 492 g/mol. The Labute approximate surface area is 216 Å². The number of aromatic nitrogens is 1. The molecule has 0 radical (unpaired) electrons. The number of benzene rings is 1. The van der Waals surface area contributed by atoms with Crippen LogP contribution in [0.5, 0.6) is 0 Å². The van der Waals surface area contributed by atoms with Crippen LogP contribution in [0.3, 0.4) is 0 Å². The first-order valence-electron chi connectivity index (χ1n) is 13.6. The van der Waals surface area contributed by atoms with Gasteiger partial charge in [0.05, 0.1) is 5.57 Å². The number of fused-ring (bicyclic) bond motifs is 1. The lowest BCUT2D eigenvalue weighted by Crippen LogP contribution is -2.28. The SMILES string of the molecule is CNCCCCCCCCCCN(C)C(=O)CCc1c(C)[nH]c(/C=C2\C(=O)Nc3ccccc32)c1C. The standard InChI is InChI=1S/C30H44N4O2/c1-22-24(17-18-29(35)34(4)20-14-10-8-6-5-7-9-13-19-31-3)23(2)32-28(22)21-26-25-15-11-12-16-27(25)33-30(26)36/h11-12,15-16,21,31-32H,5-10,13-14,17-20H2,1-4H3,(H,33,36)/b26-21-. The number of nitrogens with one attached hydrogen (secondary N) is 3. The molecule has 0 saturated heterocycles. The largest absolute Gasteiger partial charge is 0.359 e. The molecule has 2 heterocycles. The molecule has 0 atom stereocenters. The van der Waals surface area contributed by atoms with E-state index in [0.29, 0.717) is 18.4 Å². The van der Waals surface area contributed by atoms with Gasteiger partial charge in [-0.3, -0.25) is 9.59 Å². The van der Waals surface area contributed by atoms with E-state index in [-0.39, 0.29) is 11.8 Å². The van der Waals surface area contributed by atoms with Crippen LogP contribution in [0.15, 0.2) is 24.3 Å². The predicted molar refractivity (Wildman–Crippen MR) is 150 cm³/mol. The zero-order chi connectivity index (χ0) is 25.9. The van der Waals surface area contributed by atoms with Gasteiger partial charge in [0.1, 0.15) is 0 Å². The van der Waals surface area contributed by atoms with Crippen molar-refractivity contribution in [1.82, 2.24) is 15.2 Å². The highest BCUT2D eigenvalue weighted by Gasteiger charge is 2.24. The van der Waals surface area contributed by atoms with Gasteiger partial charge in [-0.2, -0.15) is 0 Å². The number of rotatable bonds is 15. The maximum Gasteiger partial charge on any atom is 0.256 e. The summed E-state index contributed by atoms with van der Waals surface area (Å²) in [5.41, 5.74) is 6.73. The lowest BCUT2D eigenvalue weighted by atomic mass is 10.0. The third-order valence-corrected chi connectivity index (χ3v) is 7.32. The molecule has 2 aromatic rings. The van der Waals surface area contributed by atoms with E-state index in [1.165, 1.54) is 50.5 Å². The molecule has 3 rings (SSSR count). The topological polar surface area (TPSA) is 77.2 Å². The Morgan fingerprint density at radius 1 is 1.00 bits per heavy atom. The van der Waals surface area contributed by atoms with Gasteiger partial charge in [0.2, 0.25) is 5.91 Å². The van der Waals surface area contributed by atoms with Gasteiger partial charge in [-0.15, -0.1) is 0 Å². The number of carbonyl (C=O) groups is 2. The van der Waals surface area contributed by atoms with Gasteiger partial charge in [-0.25, -0.2) is 0 Å². The molecule has 0 bridgehead atoms. The van der Waals surface area contributed by atoms with Crippen molar-refractivity contribution in [2.45, 2.75) is 78.1 Å². The van der Waals surface area contributed by atoms with Crippen molar-refractivity contribution in [3.63, 3.8) is 0 Å². The average Bonchev–Trinajstić information content (AvgIpc) is 3.33. The van der Waals surface area contributed by atoms with Crippen LogP contribution in [0, 0.1) is 13.8 Å². The maximum atomic E-state index is 12.7. The number of unbranched alkanes of at least 4 members (excludes halogenated alkanes) is 7. The van der Waals surface area contributed by atoms with E-state index < -0.39 is 0 Å². The summed E-state index contributed by atoms with van der Waals surface area (Å²) >= 11 is 0. The van der Waals surface area contributed by atoms with Crippen LogP contribution in [-0.4, -0.2) is 48.9 Å². The average molecular weight is 493 g/mol. The first-order chi connectivity index (χ1) is 17.4. The Morgan fingerprint density at radius 2 is 1.67 bits per heavy atom. The van der Waals surface area contributed by atoms with Crippen molar-refractivity contribution in [3.05, 3.63) is 52.3 Å². The minimum absolute atomic E-state index is 0.0780. The van der Waals surface area contributed by atoms with Gasteiger partial charge >= 0.3 is 0 Å². The number of para-hydroxylation sites is 1. The van der Waals surface area contributed by atoms with Crippen LogP contribution in [0.4, 0.5) is 5.69 Å². The third-order valence-electron chi connectivity index (χ3n) is 7.32. The fraction of sp³-hybridized carbons (Fsp3) is 0.533. The van der Waals surface area contributed by atoms with Gasteiger partial charge < -0.3 is 20.5 Å². The summed E-state index contributed by atoms with van der Waals surface area (Å²) in [7, 11) is 3.93. The first kappa shape index (κ1) is 27.7. The molecule has 0 aliphatic carbocycles. The molecule has 6 heteroatoms. The normalized spacial score (nSPS) is 13.8. The lowest BCUT2D eigenvalue weighted by molar-refractivity contribution is -0.129. The number of H-pyrrole nitrogens is 1. The number of amides is 2. The Balaban J connectivity index is 1.43. The Bertz CT molecular complexity index is 1050. The molecule has 1 aliphatic rings. The second kappa shape index (κ2) is 14.0. The lowest BCUT2D eigenvalue weighted by Gasteiger charge is -2.17. The number of hydrogen-bond acceptors (Lipinski definition) is 3. The van der Waals surface area contributed by atoms with E-state index >= 15 is 0 Å². The highest BCUT2D eigenvalue weighted by atomic mass is 16.2. The Morgan fingerprint density at radius 3 is 2.39 bits per heavy atom. The number of carbonyl (C=O) groups excluding carboxylic acids is 2. The van der Waals surface area contributed by atoms with Crippen molar-refractivity contribution in [2.24, 2.45) is 0 Å². The molecular formula is C30H44N4O2. The van der Waals surface area contributed by atoms with Crippen LogP contribution in [0.25, 0.3) is 11.6 Å². The smallest absolute Gasteiger partial charge is 0.256 e. The molecule has 0 saturated carbocycles. The van der Waals surface area contributed by atoms with E-state index in [1.54, 1.807) is 0 Å². The quantitative estimate of drug-likeness (QED) is 0.215. The number of aryl methyl sites for hydroxylation is 1. The minimum Gasteiger partial charge on any atom is -0.359 e. The molecule has 2 amide bonds. The fourth-order valence-electron chi connectivity index (χ4n) is 5.02. The van der Waals surface area contributed by atoms with E-state index in [4.69, 9.17) is 0 Å². The summed E-state index contributed by atoms with van der Waals surface area (Å²) in [6, 6.07) is 7.75. The highest BCUT2D eigenvalue weighted by Crippen LogP contribution is 2.33. The minimum atomic E-state index is -0.0780. The van der Waals surface area contributed by atoms with Crippen molar-refractivity contribution in [2.75, 3.05) is 32.5 Å². The Hall–Kier alpha value is -2.86. The molecule has 196 valence electrons. The summed E-state index contributed by atoms with van der Waals surface area (Å²) in [4.78, 5) is 30.6. The maximum absolute atomic E-state index is 12.7. The molecule has 1 aromatic carbocycles. The van der Waals surface area contributed by atoms with Gasteiger partial charge in [0.25, 0.3) is 5.91 Å². The van der Waals surface area contributed by atoms with Crippen LogP contribution >= 0.6 is 0 Å². The zero-order valence-electron chi connectivity index (χ0n) is 22.6. The van der Waals surface area contributed by atoms with Crippen LogP contribution in [0.2, 0.25) is 0 Å². The van der Waals surface area contributed by atoms with E-state index in [0.717, 1.165) is 47.7 Å². The van der Waals surface area contributed by atoms with Crippen LogP contribution in [-0.2, 0) is 16.0 Å². The van der Waals surface area contributed by atoms with E-state index in [9.17, 15) is 9.59 Å². The number of nitrogens with zero attached hydrogens (tertiary/aromatic N) is 1. The number of aromatic amines is 1. The summed E-state index contributed by atoms with van der Waals surface area (Å²) in [6.45, 7) is 6.06. The summed E-state index contributed by atoms with van der Waals surface area (Å²) in [5.74, 6) is 0.120. The van der Waals surface area contributed by atoms with Gasteiger partial charge in [0.15, 0.2) is 0 Å². The molecule has 0 fully saturated rings. The molecule has 1 aromatic heterocycles. The van der Waals surface area contributed by atoms with Crippen molar-refractivity contribution >= 4 is 29.2 Å². The Kier molecular flexibility index (Phi) is 10.8. The number of anilines is 1. The second-order valence-corrected chi connectivity index (χ2v) is 10.1. The number of hydrogen-bond donors (Lipinski definition) is 3. The molecule has 36 heavy (non-hydrogen) atoms. The molecule has 3 N–H and O–H groups in total. The second-order valence-electron chi connectivity index (χ2n) is 10.1. The van der Waals surface area contributed by atoms with Crippen molar-refractivity contribution < 1.29 is 9.59 Å². The molecule has 1 aliphatic heterocycles. The van der Waals surface area contributed by atoms with Gasteiger partial charge in [-0.05, 0) is 70.0 Å². The van der Waals surface area contributed by atoms with E-state index in [1.807, 2.05) is 56.3 Å². The molecule has 0 spiro atoms. The van der Waals surface area contributed by atoms with Gasteiger partial charge in [-0.1, -0.05) is 56.7 Å². The van der Waals surface area contributed by atoms with E-state index in [2.05, 4.69) is 22.5 Å². The van der Waals surface area contributed by atoms with Crippen molar-refractivity contribution in [1.29, 1.82) is 0 Å². The summed E-state index contributed by atoms with van der Waals surface area (Å²) < 4.78 is 0. The summed E-state index contributed by atoms with van der Waals surface area (Å²) in [6.07, 6.45) is 13.2.